The van der Waals surface area contributed by atoms with Crippen LogP contribution in [0.2, 0.25) is 0 Å². The molecule has 0 aliphatic rings. The van der Waals surface area contributed by atoms with Gasteiger partial charge in [-0.3, -0.25) is 0 Å². The summed E-state index contributed by atoms with van der Waals surface area (Å²) in [7, 11) is 0.211. The summed E-state index contributed by atoms with van der Waals surface area (Å²) in [5.41, 5.74) is 0. The van der Waals surface area contributed by atoms with Crippen molar-refractivity contribution < 1.29 is 0 Å². The second-order valence-corrected chi connectivity index (χ2v) is 20.2. The molecule has 33 heavy (non-hydrogen) atoms. The first-order chi connectivity index (χ1) is 16.1. The summed E-state index contributed by atoms with van der Waals surface area (Å²) >= 11 is 1.95. The predicted molar refractivity (Wildman–Crippen MR) is 153 cm³/mol. The summed E-state index contributed by atoms with van der Waals surface area (Å²) < 4.78 is 0. The number of hydrogen-bond donors (Lipinski definition) is 0. The van der Waals surface area contributed by atoms with Gasteiger partial charge < -0.3 is 0 Å². The predicted octanol–water partition coefficient (Wildman–Crippen LogP) is 9.20. The molecule has 0 radical (unpaired) electrons. The molecule has 0 fully saturated rings. The Hall–Kier alpha value is -2.25. The Morgan fingerprint density at radius 3 is 1.42 bits per heavy atom. The van der Waals surface area contributed by atoms with E-state index in [-0.39, 0.29) is 0 Å². The van der Waals surface area contributed by atoms with Crippen LogP contribution in [-0.4, -0.2) is 17.3 Å². The highest BCUT2D eigenvalue weighted by atomic mass is 32.8. The highest BCUT2D eigenvalue weighted by Gasteiger charge is 2.59. The van der Waals surface area contributed by atoms with Gasteiger partial charge in [-0.2, -0.15) is 7.91 Å². The highest BCUT2D eigenvalue weighted by molar-refractivity contribution is 8.93. The van der Waals surface area contributed by atoms with Crippen LogP contribution >= 0.6 is 28.1 Å². The van der Waals surface area contributed by atoms with Gasteiger partial charge in [-0.25, -0.2) is 0 Å². The molecule has 4 rings (SSSR count). The molecule has 0 aliphatic heterocycles. The highest BCUT2D eigenvalue weighted by Crippen LogP contribution is 3.07. The first-order valence-electron chi connectivity index (χ1n) is 11.4. The fourth-order valence-corrected chi connectivity index (χ4v) is 15.3. The van der Waals surface area contributed by atoms with E-state index >= 15 is 0 Å². The molecule has 170 valence electrons. The SMILES string of the molecule is C=CCS(P)(CCCSc1ccccc1)(c1ccccc1)(c1ccccc1)c1ccccc1. The maximum atomic E-state index is 4.30. The second kappa shape index (κ2) is 9.55. The third kappa shape index (κ3) is 3.99. The third-order valence-corrected chi connectivity index (χ3v) is 19.3. The van der Waals surface area contributed by atoms with Crippen LogP contribution in [0.15, 0.2) is 154 Å². The lowest BCUT2D eigenvalue weighted by atomic mass is 10.4. The van der Waals surface area contributed by atoms with Gasteiger partial charge in [0.1, 0.15) is 0 Å². The number of benzene rings is 4. The Labute approximate surface area is 204 Å². The Morgan fingerprint density at radius 1 is 0.636 bits per heavy atom. The van der Waals surface area contributed by atoms with Gasteiger partial charge in [-0.15, -0.1) is 18.3 Å². The van der Waals surface area contributed by atoms with Crippen molar-refractivity contribution in [1.29, 1.82) is 0 Å². The standard InChI is InChI=1S/C30H33PS2/c1-2-25-33(31,28-18-9-4-10-19-28,29-20-11-5-12-21-29,30-22-13-6-14-23-30)26-15-24-32-27-16-7-3-8-17-27/h2-14,16-23H,1,15,24-26,31H2. The molecule has 3 heteroatoms. The average Bonchev–Trinajstić information content (AvgIpc) is 2.89. The number of rotatable bonds is 10. The summed E-state index contributed by atoms with van der Waals surface area (Å²) in [5.74, 6) is 3.01. The maximum Gasteiger partial charge on any atom is 0.00719 e. The Bertz CT molecular complexity index is 1090. The van der Waals surface area contributed by atoms with Crippen LogP contribution in [0.3, 0.4) is 0 Å². The summed E-state index contributed by atoms with van der Waals surface area (Å²) in [6.45, 7) is 4.30. The van der Waals surface area contributed by atoms with Crippen LogP contribution in [0.25, 0.3) is 0 Å². The Balaban J connectivity index is 1.94. The molecule has 1 atom stereocenters. The van der Waals surface area contributed by atoms with Crippen molar-refractivity contribution >= 4 is 28.1 Å². The fraction of sp³-hybridized carbons (Fsp3) is 0.133. The van der Waals surface area contributed by atoms with Crippen molar-refractivity contribution in [1.82, 2.24) is 0 Å². The molecular formula is C30H33PS2. The molecule has 0 N–H and O–H groups in total. The molecule has 0 spiro atoms. The molecule has 0 saturated heterocycles. The van der Waals surface area contributed by atoms with Gasteiger partial charge in [0.05, 0.1) is 0 Å². The van der Waals surface area contributed by atoms with E-state index in [4.69, 9.17) is 0 Å². The molecular weight excluding hydrogens is 455 g/mol. The lowest BCUT2D eigenvalue weighted by Crippen LogP contribution is -2.37. The van der Waals surface area contributed by atoms with E-state index in [0.717, 1.165) is 23.7 Å². The Morgan fingerprint density at radius 2 is 1.03 bits per heavy atom. The first kappa shape index (κ1) is 23.9. The van der Waals surface area contributed by atoms with E-state index in [1.165, 1.54) is 19.6 Å². The molecule has 0 saturated carbocycles. The van der Waals surface area contributed by atoms with Crippen LogP contribution in [0, 0.1) is 0 Å². The molecule has 0 bridgehead atoms. The van der Waals surface area contributed by atoms with Crippen molar-refractivity contribution in [3.8, 4) is 0 Å². The van der Waals surface area contributed by atoms with Crippen LogP contribution in [0.4, 0.5) is 0 Å². The van der Waals surface area contributed by atoms with Crippen molar-refractivity contribution in [3.05, 3.63) is 134 Å². The summed E-state index contributed by atoms with van der Waals surface area (Å²) in [6.07, 6.45) is 3.24. The van der Waals surface area contributed by atoms with E-state index in [1.54, 1.807) is 0 Å². The fourth-order valence-electron chi connectivity index (χ4n) is 5.11. The molecule has 0 aromatic heterocycles. The van der Waals surface area contributed by atoms with Crippen LogP contribution in [-0.2, 0) is 0 Å². The zero-order valence-corrected chi connectivity index (χ0v) is 21.8. The maximum absolute atomic E-state index is 4.30. The molecule has 0 heterocycles. The van der Waals surface area contributed by atoms with Crippen LogP contribution in [0.5, 0.6) is 0 Å². The monoisotopic (exact) mass is 488 g/mol. The summed E-state index contributed by atoms with van der Waals surface area (Å²) in [4.78, 5) is 5.51. The molecule has 0 amide bonds. The zero-order valence-electron chi connectivity index (χ0n) is 19.1. The van der Waals surface area contributed by atoms with Gasteiger partial charge in [0, 0.05) is 4.90 Å². The van der Waals surface area contributed by atoms with Crippen molar-refractivity contribution in [2.24, 2.45) is 0 Å². The van der Waals surface area contributed by atoms with E-state index in [1.807, 2.05) is 11.8 Å². The molecule has 0 aliphatic carbocycles. The second-order valence-electron chi connectivity index (χ2n) is 8.68. The van der Waals surface area contributed by atoms with Gasteiger partial charge in [-0.1, -0.05) is 124 Å². The van der Waals surface area contributed by atoms with E-state index in [2.05, 4.69) is 142 Å². The molecule has 4 aromatic carbocycles. The lowest BCUT2D eigenvalue weighted by molar-refractivity contribution is 1.05. The van der Waals surface area contributed by atoms with E-state index < -0.39 is 7.91 Å². The van der Waals surface area contributed by atoms with Crippen molar-refractivity contribution in [2.75, 3.05) is 17.3 Å². The minimum Gasteiger partial charge on any atom is -0.198 e. The van der Waals surface area contributed by atoms with Gasteiger partial charge in [0.2, 0.25) is 0 Å². The quantitative estimate of drug-likeness (QED) is 0.0928. The minimum absolute atomic E-state index is 0.888. The summed E-state index contributed by atoms with van der Waals surface area (Å²) in [5, 5.41) is 0. The van der Waals surface area contributed by atoms with E-state index in [0.29, 0.717) is 0 Å². The normalized spacial score (nSPS) is 13.6. The van der Waals surface area contributed by atoms with Gasteiger partial charge in [-0.05, 0) is 50.5 Å². The van der Waals surface area contributed by atoms with Crippen molar-refractivity contribution in [3.63, 3.8) is 0 Å². The topological polar surface area (TPSA) is 0 Å². The van der Waals surface area contributed by atoms with Gasteiger partial charge in [0.25, 0.3) is 0 Å². The largest absolute Gasteiger partial charge is 0.198 e. The summed E-state index contributed by atoms with van der Waals surface area (Å²) in [6, 6.07) is 44.2. The molecule has 4 aromatic rings. The van der Waals surface area contributed by atoms with Crippen molar-refractivity contribution in [2.45, 2.75) is 26.0 Å². The van der Waals surface area contributed by atoms with E-state index in [9.17, 15) is 0 Å². The smallest absolute Gasteiger partial charge is 0.00719 e. The third-order valence-electron chi connectivity index (χ3n) is 6.80. The number of thioether (sulfide) groups is 1. The zero-order chi connectivity index (χ0) is 23.1. The average molecular weight is 489 g/mol. The van der Waals surface area contributed by atoms with Crippen LogP contribution < -0.4 is 0 Å². The molecule has 1 unspecified atom stereocenters. The first-order valence-corrected chi connectivity index (χ1v) is 16.6. The Kier molecular flexibility index (Phi) is 6.91. The minimum atomic E-state index is -3.32. The number of hydrogen-bond acceptors (Lipinski definition) is 1. The molecule has 0 nitrogen and oxygen atoms in total. The van der Waals surface area contributed by atoms with Crippen LogP contribution in [0.1, 0.15) is 6.42 Å². The van der Waals surface area contributed by atoms with Gasteiger partial charge in [0.15, 0.2) is 0 Å². The van der Waals surface area contributed by atoms with Gasteiger partial charge >= 0.3 is 0 Å². The lowest BCUT2D eigenvalue weighted by Gasteiger charge is -2.77.